The molecule has 1 aliphatic rings. The Balaban J connectivity index is 1.56. The highest BCUT2D eigenvalue weighted by Crippen LogP contribution is 2.30. The molecule has 0 atom stereocenters. The number of thioether (sulfide) groups is 2. The van der Waals surface area contributed by atoms with Crippen molar-refractivity contribution in [2.75, 3.05) is 51.1 Å². The van der Waals surface area contributed by atoms with Crippen molar-refractivity contribution < 1.29 is 18.9 Å². The van der Waals surface area contributed by atoms with E-state index in [0.29, 0.717) is 39.6 Å². The number of benzene rings is 2. The Labute approximate surface area is 163 Å². The Bertz CT molecular complexity index is 554. The second-order valence-corrected chi connectivity index (χ2v) is 7.79. The fourth-order valence-corrected chi connectivity index (χ4v) is 4.39. The first-order valence-electron chi connectivity index (χ1n) is 8.78. The molecule has 1 heterocycles. The van der Waals surface area contributed by atoms with Gasteiger partial charge < -0.3 is 18.9 Å². The number of hydrogen-bond acceptors (Lipinski definition) is 6. The molecule has 0 aromatic heterocycles. The minimum atomic E-state index is 0.508. The molecule has 2 aromatic rings. The zero-order valence-corrected chi connectivity index (χ0v) is 16.4. The van der Waals surface area contributed by atoms with Crippen LogP contribution < -0.4 is 9.47 Å². The van der Waals surface area contributed by atoms with E-state index in [-0.39, 0.29) is 0 Å². The van der Waals surface area contributed by atoms with Gasteiger partial charge in [-0.3, -0.25) is 0 Å². The van der Waals surface area contributed by atoms with Gasteiger partial charge in [0, 0.05) is 21.3 Å². The second-order valence-electron chi connectivity index (χ2n) is 5.51. The number of rotatable bonds is 0. The van der Waals surface area contributed by atoms with Gasteiger partial charge in [-0.25, -0.2) is 0 Å². The minimum absolute atomic E-state index is 0.508. The van der Waals surface area contributed by atoms with Crippen LogP contribution in [0.5, 0.6) is 11.5 Å². The number of fused-ring (bicyclic) bond motifs is 2. The van der Waals surface area contributed by atoms with Gasteiger partial charge in [-0.15, -0.1) is 23.5 Å². The summed E-state index contributed by atoms with van der Waals surface area (Å²) in [6.07, 6.45) is 0. The van der Waals surface area contributed by atoms with Crippen LogP contribution >= 0.6 is 23.5 Å². The topological polar surface area (TPSA) is 36.9 Å². The Morgan fingerprint density at radius 2 is 1.00 bits per heavy atom. The summed E-state index contributed by atoms with van der Waals surface area (Å²) < 4.78 is 23.0. The molecule has 2 aromatic carbocycles. The van der Waals surface area contributed by atoms with Crippen LogP contribution in [0.1, 0.15) is 0 Å². The van der Waals surface area contributed by atoms with Gasteiger partial charge in [0.25, 0.3) is 0 Å². The standard InChI is InChI=1S/C20H24O4S2/c1-2-6-18-17(5-1)23-11-9-21-13-15-25-19-7-3-4-8-20(19)26-16-14-22-10-12-24-18/h1-8H,9-16H2. The maximum atomic E-state index is 5.79. The quantitative estimate of drug-likeness (QED) is 0.662. The van der Waals surface area contributed by atoms with E-state index in [9.17, 15) is 0 Å². The van der Waals surface area contributed by atoms with Crippen molar-refractivity contribution in [2.24, 2.45) is 0 Å². The Kier molecular flexibility index (Phi) is 8.51. The SMILES string of the molecule is c1ccc2c(c1)OCCOCCSc1ccccc1SCCOCCO2. The number of hydrogen-bond donors (Lipinski definition) is 0. The highest BCUT2D eigenvalue weighted by atomic mass is 32.2. The average Bonchev–Trinajstić information content (AvgIpc) is 2.68. The molecule has 0 spiro atoms. The summed E-state index contributed by atoms with van der Waals surface area (Å²) in [5.74, 6) is 3.34. The fourth-order valence-electron chi connectivity index (χ4n) is 2.42. The van der Waals surface area contributed by atoms with Crippen molar-refractivity contribution in [3.05, 3.63) is 48.5 Å². The third-order valence-electron chi connectivity index (χ3n) is 3.64. The molecule has 0 radical (unpaired) electrons. The molecule has 1 aliphatic heterocycles. The molecule has 6 heteroatoms. The molecule has 0 fully saturated rings. The van der Waals surface area contributed by atoms with Crippen LogP contribution in [0.25, 0.3) is 0 Å². The molecule has 140 valence electrons. The molecule has 0 aliphatic carbocycles. The normalized spacial score (nSPS) is 17.5. The zero-order chi connectivity index (χ0) is 17.9. The lowest BCUT2D eigenvalue weighted by molar-refractivity contribution is 0.102. The summed E-state index contributed by atoms with van der Waals surface area (Å²) >= 11 is 3.66. The third-order valence-corrected chi connectivity index (χ3v) is 5.84. The summed E-state index contributed by atoms with van der Waals surface area (Å²) in [6.45, 7) is 3.55. The average molecular weight is 393 g/mol. The number of ether oxygens (including phenoxy) is 4. The van der Waals surface area contributed by atoms with Crippen LogP contribution in [0.15, 0.2) is 58.3 Å². The molecule has 0 saturated carbocycles. The summed E-state index contributed by atoms with van der Waals surface area (Å²) in [7, 11) is 0. The smallest absolute Gasteiger partial charge is 0.161 e. The number of para-hydroxylation sites is 2. The minimum Gasteiger partial charge on any atom is -0.487 e. The van der Waals surface area contributed by atoms with E-state index in [1.807, 2.05) is 47.8 Å². The van der Waals surface area contributed by atoms with Gasteiger partial charge in [0.2, 0.25) is 0 Å². The van der Waals surface area contributed by atoms with Crippen LogP contribution in [-0.2, 0) is 9.47 Å². The Morgan fingerprint density at radius 3 is 1.50 bits per heavy atom. The molecule has 0 N–H and O–H groups in total. The van der Waals surface area contributed by atoms with E-state index in [4.69, 9.17) is 18.9 Å². The van der Waals surface area contributed by atoms with Gasteiger partial charge in [0.1, 0.15) is 13.2 Å². The zero-order valence-electron chi connectivity index (χ0n) is 14.7. The largest absolute Gasteiger partial charge is 0.487 e. The first-order chi connectivity index (χ1) is 12.9. The van der Waals surface area contributed by atoms with Gasteiger partial charge in [-0.1, -0.05) is 24.3 Å². The Morgan fingerprint density at radius 1 is 0.538 bits per heavy atom. The molecular formula is C20H24O4S2. The van der Waals surface area contributed by atoms with E-state index in [1.165, 1.54) is 9.79 Å². The highest BCUT2D eigenvalue weighted by molar-refractivity contribution is 8.02. The third kappa shape index (κ3) is 6.43. The van der Waals surface area contributed by atoms with Crippen molar-refractivity contribution in [3.8, 4) is 11.5 Å². The molecule has 26 heavy (non-hydrogen) atoms. The van der Waals surface area contributed by atoms with Crippen molar-refractivity contribution in [2.45, 2.75) is 9.79 Å². The van der Waals surface area contributed by atoms with Gasteiger partial charge in [0.05, 0.1) is 26.4 Å². The van der Waals surface area contributed by atoms with Crippen molar-refractivity contribution in [1.29, 1.82) is 0 Å². The maximum absolute atomic E-state index is 5.79. The summed E-state index contributed by atoms with van der Waals surface area (Å²) in [4.78, 5) is 2.60. The van der Waals surface area contributed by atoms with E-state index in [2.05, 4.69) is 24.3 Å². The molecular weight excluding hydrogens is 368 g/mol. The van der Waals surface area contributed by atoms with Crippen LogP contribution in [0.4, 0.5) is 0 Å². The van der Waals surface area contributed by atoms with Crippen molar-refractivity contribution in [3.63, 3.8) is 0 Å². The molecule has 0 unspecified atom stereocenters. The molecule has 0 bridgehead atoms. The van der Waals surface area contributed by atoms with E-state index < -0.39 is 0 Å². The van der Waals surface area contributed by atoms with Crippen LogP contribution in [0.2, 0.25) is 0 Å². The monoisotopic (exact) mass is 392 g/mol. The summed E-state index contributed by atoms with van der Waals surface area (Å²) in [6, 6.07) is 16.2. The molecule has 4 nitrogen and oxygen atoms in total. The van der Waals surface area contributed by atoms with Crippen molar-refractivity contribution >= 4 is 23.5 Å². The van der Waals surface area contributed by atoms with Gasteiger partial charge >= 0.3 is 0 Å². The first-order valence-corrected chi connectivity index (χ1v) is 10.8. The predicted octanol–water partition coefficient (Wildman–Crippen LogP) is 4.38. The molecule has 0 amide bonds. The van der Waals surface area contributed by atoms with E-state index in [0.717, 1.165) is 23.0 Å². The Hall–Kier alpha value is -1.34. The predicted molar refractivity (Wildman–Crippen MR) is 107 cm³/mol. The van der Waals surface area contributed by atoms with Gasteiger partial charge in [-0.2, -0.15) is 0 Å². The molecule has 0 saturated heterocycles. The highest BCUT2D eigenvalue weighted by Gasteiger charge is 2.06. The van der Waals surface area contributed by atoms with Gasteiger partial charge in [0.15, 0.2) is 11.5 Å². The van der Waals surface area contributed by atoms with Crippen LogP contribution in [0, 0.1) is 0 Å². The van der Waals surface area contributed by atoms with Crippen molar-refractivity contribution in [1.82, 2.24) is 0 Å². The summed E-state index contributed by atoms with van der Waals surface area (Å²) in [5.41, 5.74) is 0. The van der Waals surface area contributed by atoms with E-state index >= 15 is 0 Å². The first kappa shape index (κ1) is 19.4. The van der Waals surface area contributed by atoms with Crippen LogP contribution in [0.3, 0.4) is 0 Å². The lowest BCUT2D eigenvalue weighted by Crippen LogP contribution is -2.11. The lowest BCUT2D eigenvalue weighted by atomic mass is 10.3. The van der Waals surface area contributed by atoms with Crippen LogP contribution in [-0.4, -0.2) is 51.1 Å². The maximum Gasteiger partial charge on any atom is 0.161 e. The second kappa shape index (κ2) is 11.4. The lowest BCUT2D eigenvalue weighted by Gasteiger charge is -2.14. The van der Waals surface area contributed by atoms with Gasteiger partial charge in [-0.05, 0) is 24.3 Å². The molecule has 3 rings (SSSR count). The van der Waals surface area contributed by atoms with E-state index in [1.54, 1.807) is 0 Å². The summed E-state index contributed by atoms with van der Waals surface area (Å²) in [5, 5.41) is 0. The fraction of sp³-hybridized carbons (Fsp3) is 0.400.